The van der Waals surface area contributed by atoms with Crippen LogP contribution in [0.2, 0.25) is 0 Å². The van der Waals surface area contributed by atoms with Gasteiger partial charge in [-0.05, 0) is 23.6 Å². The number of benzene rings is 1. The van der Waals surface area contributed by atoms with Gasteiger partial charge < -0.3 is 15.1 Å². The number of aryl methyl sites for hydroxylation is 1. The summed E-state index contributed by atoms with van der Waals surface area (Å²) in [6.07, 6.45) is 1.95. The molecule has 1 aromatic carbocycles. The van der Waals surface area contributed by atoms with Crippen LogP contribution >= 0.6 is 0 Å². The van der Waals surface area contributed by atoms with Crippen molar-refractivity contribution in [3.63, 3.8) is 0 Å². The third-order valence-corrected chi connectivity index (χ3v) is 6.52. The molecule has 0 radical (unpaired) electrons. The van der Waals surface area contributed by atoms with Crippen molar-refractivity contribution in [2.45, 2.75) is 51.4 Å². The first kappa shape index (κ1) is 28.2. The highest BCUT2D eigenvalue weighted by molar-refractivity contribution is 5.92. The fraction of sp³-hybridized carbons (Fsp3) is 0.407. The van der Waals surface area contributed by atoms with E-state index in [4.69, 9.17) is 4.42 Å². The van der Waals surface area contributed by atoms with E-state index in [9.17, 15) is 18.0 Å². The Balaban J connectivity index is 1.43. The number of amides is 1. The number of fused-ring (bicyclic) bond motifs is 1. The molecule has 4 heterocycles. The summed E-state index contributed by atoms with van der Waals surface area (Å²) < 4.78 is 47.2. The van der Waals surface area contributed by atoms with Crippen LogP contribution in [-0.4, -0.2) is 59.8 Å². The largest absolute Gasteiger partial charge is 0.448 e. The number of hydrogen-bond acceptors (Lipinski definition) is 9. The summed E-state index contributed by atoms with van der Waals surface area (Å²) in [5, 5.41) is 10.1. The molecule has 1 aliphatic heterocycles. The molecule has 11 nitrogen and oxygen atoms in total. The number of oxazole rings is 1. The molecular weight excluding hydrogens is 539 g/mol. The normalized spacial score (nSPS) is 16.2. The van der Waals surface area contributed by atoms with Crippen molar-refractivity contribution >= 4 is 17.5 Å². The van der Waals surface area contributed by atoms with Crippen LogP contribution < -0.4 is 10.6 Å². The zero-order valence-electron chi connectivity index (χ0n) is 23.0. The van der Waals surface area contributed by atoms with E-state index in [2.05, 4.69) is 35.7 Å². The van der Waals surface area contributed by atoms with Crippen molar-refractivity contribution in [2.24, 2.45) is 7.05 Å². The summed E-state index contributed by atoms with van der Waals surface area (Å²) in [7, 11) is 1.78. The highest BCUT2D eigenvalue weighted by Crippen LogP contribution is 2.32. The predicted molar refractivity (Wildman–Crippen MR) is 143 cm³/mol. The van der Waals surface area contributed by atoms with Gasteiger partial charge in [-0.3, -0.25) is 14.4 Å². The van der Waals surface area contributed by atoms with Gasteiger partial charge in [0.15, 0.2) is 17.4 Å². The molecule has 5 rings (SSSR count). The molecule has 1 unspecified atom stereocenters. The quantitative estimate of drug-likeness (QED) is 0.344. The molecule has 1 amide bonds. The van der Waals surface area contributed by atoms with E-state index in [1.165, 1.54) is 17.5 Å². The Morgan fingerprint density at radius 2 is 1.98 bits per heavy atom. The van der Waals surface area contributed by atoms with Gasteiger partial charge in [-0.25, -0.2) is 15.0 Å². The molecule has 1 aliphatic rings. The van der Waals surface area contributed by atoms with E-state index < -0.39 is 24.7 Å². The molecule has 1 atom stereocenters. The number of aromatic nitrogens is 6. The lowest BCUT2D eigenvalue weighted by Gasteiger charge is -2.22. The Bertz CT molecular complexity index is 1540. The SMILES string of the molecule is Cn1cc(Nc2ncnc(-c3ccc4c(c3)CN(CC(F)(F)F)CCC4NC(=O)c3coc(C(C)(C)C)n3)n2)cn1. The average Bonchev–Trinajstić information content (AvgIpc) is 3.52. The molecular formula is C27H30F3N9O2. The maximum absolute atomic E-state index is 13.4. The smallest absolute Gasteiger partial charge is 0.401 e. The lowest BCUT2D eigenvalue weighted by atomic mass is 9.96. The first-order valence-corrected chi connectivity index (χ1v) is 13.0. The summed E-state index contributed by atoms with van der Waals surface area (Å²) in [4.78, 5) is 31.6. The van der Waals surface area contributed by atoms with Crippen LogP contribution in [0.4, 0.5) is 24.8 Å². The fourth-order valence-electron chi connectivity index (χ4n) is 4.61. The van der Waals surface area contributed by atoms with Crippen molar-refractivity contribution in [2.75, 3.05) is 18.4 Å². The minimum atomic E-state index is -4.37. The number of nitrogens with zero attached hydrogens (tertiary/aromatic N) is 7. The van der Waals surface area contributed by atoms with Crippen LogP contribution in [-0.2, 0) is 19.0 Å². The van der Waals surface area contributed by atoms with Crippen LogP contribution in [0.3, 0.4) is 0 Å². The second kappa shape index (κ2) is 10.9. The summed E-state index contributed by atoms with van der Waals surface area (Å²) in [5.74, 6) is 0.597. The highest BCUT2D eigenvalue weighted by atomic mass is 19.4. The van der Waals surface area contributed by atoms with Gasteiger partial charge in [0.1, 0.15) is 12.6 Å². The molecule has 0 bridgehead atoms. The van der Waals surface area contributed by atoms with E-state index >= 15 is 0 Å². The lowest BCUT2D eigenvalue weighted by molar-refractivity contribution is -0.147. The number of anilines is 2. The zero-order valence-corrected chi connectivity index (χ0v) is 23.0. The molecule has 0 spiro atoms. The number of halogens is 3. The zero-order chi connectivity index (χ0) is 29.4. The molecule has 41 heavy (non-hydrogen) atoms. The monoisotopic (exact) mass is 569 g/mol. The molecule has 216 valence electrons. The minimum Gasteiger partial charge on any atom is -0.448 e. The summed E-state index contributed by atoms with van der Waals surface area (Å²) >= 11 is 0. The number of carbonyl (C=O) groups is 1. The fourth-order valence-corrected chi connectivity index (χ4v) is 4.61. The first-order valence-electron chi connectivity index (χ1n) is 13.0. The van der Waals surface area contributed by atoms with Crippen molar-refractivity contribution in [3.05, 3.63) is 65.9 Å². The second-order valence-corrected chi connectivity index (χ2v) is 11.0. The Kier molecular flexibility index (Phi) is 7.51. The van der Waals surface area contributed by atoms with Crippen molar-refractivity contribution in [1.82, 2.24) is 39.9 Å². The Labute approximate surface area is 234 Å². The van der Waals surface area contributed by atoms with Gasteiger partial charge in [0, 0.05) is 37.3 Å². The van der Waals surface area contributed by atoms with Crippen LogP contribution in [0.1, 0.15) is 60.7 Å². The van der Waals surface area contributed by atoms with Gasteiger partial charge in [-0.2, -0.15) is 23.3 Å². The van der Waals surface area contributed by atoms with Gasteiger partial charge >= 0.3 is 6.18 Å². The third-order valence-electron chi connectivity index (χ3n) is 6.52. The Hall–Kier alpha value is -4.33. The van der Waals surface area contributed by atoms with Gasteiger partial charge in [-0.15, -0.1) is 0 Å². The Morgan fingerprint density at radius 3 is 2.66 bits per heavy atom. The van der Waals surface area contributed by atoms with Gasteiger partial charge in [-0.1, -0.05) is 32.9 Å². The first-order chi connectivity index (χ1) is 19.3. The van der Waals surface area contributed by atoms with Gasteiger partial charge in [0.05, 0.1) is 24.5 Å². The number of rotatable bonds is 6. The van der Waals surface area contributed by atoms with Crippen LogP contribution in [0.15, 0.2) is 47.6 Å². The summed E-state index contributed by atoms with van der Waals surface area (Å²) in [6, 6.07) is 4.81. The standard InChI is InChI=1S/C27H30F3N9O2/c1-26(2,3)24-36-21(13-41-24)23(40)35-20-7-8-39(14-27(28,29)30)11-17-9-16(5-6-19(17)20)22-31-15-32-25(37-22)34-18-10-33-38(4)12-18/h5-6,9-10,12-13,15,20H,7-8,11,14H2,1-4H3,(H,35,40)(H,31,32,34,37). The van der Waals surface area contributed by atoms with Crippen molar-refractivity contribution in [1.29, 1.82) is 0 Å². The van der Waals surface area contributed by atoms with E-state index in [0.29, 0.717) is 40.0 Å². The van der Waals surface area contributed by atoms with E-state index in [-0.39, 0.29) is 30.6 Å². The molecule has 2 N–H and O–H groups in total. The van der Waals surface area contributed by atoms with Gasteiger partial charge in [0.25, 0.3) is 5.91 Å². The molecule has 0 saturated heterocycles. The van der Waals surface area contributed by atoms with Crippen LogP contribution in [0.25, 0.3) is 11.4 Å². The van der Waals surface area contributed by atoms with E-state index in [0.717, 1.165) is 0 Å². The van der Waals surface area contributed by atoms with Crippen molar-refractivity contribution < 1.29 is 22.4 Å². The Morgan fingerprint density at radius 1 is 1.17 bits per heavy atom. The molecule has 3 aromatic heterocycles. The lowest BCUT2D eigenvalue weighted by Crippen LogP contribution is -2.35. The third kappa shape index (κ3) is 6.88. The molecule has 0 fully saturated rings. The van der Waals surface area contributed by atoms with Gasteiger partial charge in [0.2, 0.25) is 5.95 Å². The van der Waals surface area contributed by atoms with E-state index in [1.54, 1.807) is 42.3 Å². The minimum absolute atomic E-state index is 0.0407. The summed E-state index contributed by atoms with van der Waals surface area (Å²) in [6.45, 7) is 4.85. The number of nitrogens with one attached hydrogen (secondary N) is 2. The second-order valence-electron chi connectivity index (χ2n) is 11.0. The number of carbonyl (C=O) groups excluding carboxylic acids is 1. The average molecular weight is 570 g/mol. The molecule has 14 heteroatoms. The maximum atomic E-state index is 13.4. The van der Waals surface area contributed by atoms with Crippen LogP contribution in [0, 0.1) is 0 Å². The van der Waals surface area contributed by atoms with Crippen molar-refractivity contribution in [3.8, 4) is 11.4 Å². The topological polar surface area (TPSA) is 127 Å². The summed E-state index contributed by atoms with van der Waals surface area (Å²) in [5.41, 5.74) is 2.37. The number of alkyl halides is 3. The van der Waals surface area contributed by atoms with Crippen LogP contribution in [0.5, 0.6) is 0 Å². The highest BCUT2D eigenvalue weighted by Gasteiger charge is 2.34. The number of hydrogen-bond donors (Lipinski definition) is 2. The van der Waals surface area contributed by atoms with E-state index in [1.807, 2.05) is 20.8 Å². The molecule has 0 saturated carbocycles. The maximum Gasteiger partial charge on any atom is 0.401 e. The molecule has 4 aromatic rings. The molecule has 0 aliphatic carbocycles. The predicted octanol–water partition coefficient (Wildman–Crippen LogP) is 4.54.